The highest BCUT2D eigenvalue weighted by molar-refractivity contribution is 5.25. The summed E-state index contributed by atoms with van der Waals surface area (Å²) in [5.74, 6) is -0.248. The minimum absolute atomic E-state index is 0.0829. The lowest BCUT2D eigenvalue weighted by molar-refractivity contribution is 0.0487. The predicted molar refractivity (Wildman–Crippen MR) is 60.6 cm³/mol. The first kappa shape index (κ1) is 13.1. The Hall–Kier alpha value is -0.970. The molecule has 0 aliphatic rings. The Labute approximate surface area is 95.0 Å². The summed E-state index contributed by atoms with van der Waals surface area (Å²) < 4.78 is 18.8. The molecule has 1 aromatic carbocycles. The fourth-order valence-electron chi connectivity index (χ4n) is 1.40. The van der Waals surface area contributed by atoms with Crippen molar-refractivity contribution in [1.29, 1.82) is 0 Å². The van der Waals surface area contributed by atoms with E-state index in [-0.39, 0.29) is 18.5 Å². The lowest BCUT2D eigenvalue weighted by Gasteiger charge is -2.16. The molecule has 3 N–H and O–H groups in total. The molecule has 1 aromatic rings. The van der Waals surface area contributed by atoms with Gasteiger partial charge in [-0.3, -0.25) is 0 Å². The summed E-state index contributed by atoms with van der Waals surface area (Å²) in [6.07, 6.45) is 0.256. The number of hydrogen-bond acceptors (Lipinski definition) is 3. The van der Waals surface area contributed by atoms with E-state index in [1.807, 2.05) is 6.07 Å². The maximum absolute atomic E-state index is 13.3. The molecule has 0 bridgehead atoms. The van der Waals surface area contributed by atoms with Gasteiger partial charge in [-0.05, 0) is 30.5 Å². The van der Waals surface area contributed by atoms with Crippen LogP contribution in [0.3, 0.4) is 0 Å². The maximum Gasteiger partial charge on any atom is 0.126 e. The second-order valence-corrected chi connectivity index (χ2v) is 3.68. The summed E-state index contributed by atoms with van der Waals surface area (Å²) in [6.45, 7) is 2.52. The van der Waals surface area contributed by atoms with Crippen LogP contribution in [0, 0.1) is 12.7 Å². The highest BCUT2D eigenvalue weighted by Crippen LogP contribution is 2.19. The zero-order valence-corrected chi connectivity index (χ0v) is 9.45. The van der Waals surface area contributed by atoms with E-state index in [1.165, 1.54) is 6.07 Å². The molecule has 16 heavy (non-hydrogen) atoms. The summed E-state index contributed by atoms with van der Waals surface area (Å²) in [4.78, 5) is 0. The third-order valence-electron chi connectivity index (χ3n) is 2.40. The van der Waals surface area contributed by atoms with Crippen LogP contribution < -0.4 is 5.73 Å². The predicted octanol–water partition coefficient (Wildman–Crippen LogP) is 1.53. The van der Waals surface area contributed by atoms with Crippen LogP contribution in [-0.4, -0.2) is 24.9 Å². The first-order valence-electron chi connectivity index (χ1n) is 5.37. The quantitative estimate of drug-likeness (QED) is 0.725. The Morgan fingerprint density at radius 2 is 2.25 bits per heavy atom. The number of aliphatic hydroxyl groups is 1. The summed E-state index contributed by atoms with van der Waals surface area (Å²) in [5, 5.41) is 8.63. The molecular formula is C12H18FNO2. The molecule has 4 heteroatoms. The number of aryl methyl sites for hydroxylation is 1. The number of nitrogens with two attached hydrogens (primary N) is 1. The summed E-state index contributed by atoms with van der Waals surface area (Å²) in [7, 11) is 0. The van der Waals surface area contributed by atoms with Gasteiger partial charge in [-0.1, -0.05) is 12.1 Å². The molecule has 1 unspecified atom stereocenters. The van der Waals surface area contributed by atoms with Crippen molar-refractivity contribution < 1.29 is 14.2 Å². The standard InChI is InChI=1S/C12H18FNO2/c1-9-3-4-10(7-11(9)13)12(8-14)16-6-2-5-15/h3-4,7,12,15H,2,5-6,8,14H2,1H3. The third kappa shape index (κ3) is 3.56. The molecular weight excluding hydrogens is 209 g/mol. The van der Waals surface area contributed by atoms with Crippen molar-refractivity contribution in [3.8, 4) is 0 Å². The number of ether oxygens (including phenoxy) is 1. The van der Waals surface area contributed by atoms with Gasteiger partial charge in [-0.25, -0.2) is 4.39 Å². The van der Waals surface area contributed by atoms with E-state index in [4.69, 9.17) is 15.6 Å². The number of rotatable bonds is 6. The topological polar surface area (TPSA) is 55.5 Å². The summed E-state index contributed by atoms with van der Waals surface area (Å²) >= 11 is 0. The van der Waals surface area contributed by atoms with E-state index < -0.39 is 0 Å². The number of benzene rings is 1. The second kappa shape index (κ2) is 6.58. The molecule has 0 radical (unpaired) electrons. The largest absolute Gasteiger partial charge is 0.396 e. The van der Waals surface area contributed by atoms with Crippen LogP contribution in [0.4, 0.5) is 4.39 Å². The molecule has 0 amide bonds. The van der Waals surface area contributed by atoms with Gasteiger partial charge in [0.1, 0.15) is 5.82 Å². The monoisotopic (exact) mass is 227 g/mol. The van der Waals surface area contributed by atoms with E-state index in [2.05, 4.69) is 0 Å². The zero-order chi connectivity index (χ0) is 12.0. The SMILES string of the molecule is Cc1ccc(C(CN)OCCCO)cc1F. The van der Waals surface area contributed by atoms with Crippen molar-refractivity contribution in [3.63, 3.8) is 0 Å². The Morgan fingerprint density at radius 3 is 2.81 bits per heavy atom. The van der Waals surface area contributed by atoms with Crippen molar-refractivity contribution in [2.75, 3.05) is 19.8 Å². The fourth-order valence-corrected chi connectivity index (χ4v) is 1.40. The Bertz CT molecular complexity index is 331. The number of hydrogen-bond donors (Lipinski definition) is 2. The Kier molecular flexibility index (Phi) is 5.38. The minimum Gasteiger partial charge on any atom is -0.396 e. The molecule has 0 aromatic heterocycles. The van der Waals surface area contributed by atoms with Gasteiger partial charge in [0, 0.05) is 19.8 Å². The number of aliphatic hydroxyl groups excluding tert-OH is 1. The lowest BCUT2D eigenvalue weighted by Crippen LogP contribution is -2.17. The molecule has 0 spiro atoms. The van der Waals surface area contributed by atoms with Crippen LogP contribution in [0.2, 0.25) is 0 Å². The van der Waals surface area contributed by atoms with Gasteiger partial charge in [0.25, 0.3) is 0 Å². The Morgan fingerprint density at radius 1 is 1.50 bits per heavy atom. The minimum atomic E-state index is -0.304. The van der Waals surface area contributed by atoms with E-state index in [9.17, 15) is 4.39 Å². The lowest BCUT2D eigenvalue weighted by atomic mass is 10.1. The van der Waals surface area contributed by atoms with Crippen LogP contribution in [-0.2, 0) is 4.74 Å². The van der Waals surface area contributed by atoms with Crippen molar-refractivity contribution in [2.24, 2.45) is 5.73 Å². The van der Waals surface area contributed by atoms with Gasteiger partial charge in [-0.2, -0.15) is 0 Å². The molecule has 1 atom stereocenters. The Balaban J connectivity index is 2.67. The van der Waals surface area contributed by atoms with E-state index >= 15 is 0 Å². The van der Waals surface area contributed by atoms with Crippen LogP contribution in [0.1, 0.15) is 23.7 Å². The normalized spacial score (nSPS) is 12.8. The third-order valence-corrected chi connectivity index (χ3v) is 2.40. The molecule has 1 rings (SSSR count). The zero-order valence-electron chi connectivity index (χ0n) is 9.45. The molecule has 0 aliphatic heterocycles. The van der Waals surface area contributed by atoms with E-state index in [0.29, 0.717) is 25.1 Å². The van der Waals surface area contributed by atoms with Crippen LogP contribution >= 0.6 is 0 Å². The molecule has 3 nitrogen and oxygen atoms in total. The highest BCUT2D eigenvalue weighted by Gasteiger charge is 2.11. The molecule has 90 valence electrons. The van der Waals surface area contributed by atoms with Gasteiger partial charge in [0.15, 0.2) is 0 Å². The van der Waals surface area contributed by atoms with Gasteiger partial charge in [0.05, 0.1) is 6.10 Å². The second-order valence-electron chi connectivity index (χ2n) is 3.68. The molecule has 0 saturated heterocycles. The first-order chi connectivity index (χ1) is 7.69. The highest BCUT2D eigenvalue weighted by atomic mass is 19.1. The van der Waals surface area contributed by atoms with Crippen LogP contribution in [0.25, 0.3) is 0 Å². The van der Waals surface area contributed by atoms with Crippen molar-refractivity contribution >= 4 is 0 Å². The fraction of sp³-hybridized carbons (Fsp3) is 0.500. The van der Waals surface area contributed by atoms with Gasteiger partial charge in [0.2, 0.25) is 0 Å². The smallest absolute Gasteiger partial charge is 0.126 e. The first-order valence-corrected chi connectivity index (χ1v) is 5.37. The van der Waals surface area contributed by atoms with Gasteiger partial charge in [-0.15, -0.1) is 0 Å². The van der Waals surface area contributed by atoms with Crippen LogP contribution in [0.15, 0.2) is 18.2 Å². The van der Waals surface area contributed by atoms with E-state index in [0.717, 1.165) is 5.56 Å². The van der Waals surface area contributed by atoms with Gasteiger partial charge >= 0.3 is 0 Å². The van der Waals surface area contributed by atoms with Crippen LogP contribution in [0.5, 0.6) is 0 Å². The van der Waals surface area contributed by atoms with Gasteiger partial charge < -0.3 is 15.6 Å². The average Bonchev–Trinajstić information content (AvgIpc) is 2.29. The molecule has 0 saturated carbocycles. The van der Waals surface area contributed by atoms with Crippen molar-refractivity contribution in [1.82, 2.24) is 0 Å². The molecule has 0 fully saturated rings. The number of halogens is 1. The maximum atomic E-state index is 13.3. The summed E-state index contributed by atoms with van der Waals surface area (Å²) in [5.41, 5.74) is 6.91. The average molecular weight is 227 g/mol. The molecule has 0 aliphatic carbocycles. The molecule has 0 heterocycles. The van der Waals surface area contributed by atoms with Crippen molar-refractivity contribution in [3.05, 3.63) is 35.1 Å². The van der Waals surface area contributed by atoms with E-state index in [1.54, 1.807) is 13.0 Å². The van der Waals surface area contributed by atoms with Crippen molar-refractivity contribution in [2.45, 2.75) is 19.4 Å². The summed E-state index contributed by atoms with van der Waals surface area (Å²) in [6, 6.07) is 4.98.